The van der Waals surface area contributed by atoms with Crippen molar-refractivity contribution in [2.24, 2.45) is 5.73 Å². The Bertz CT molecular complexity index is 372. The summed E-state index contributed by atoms with van der Waals surface area (Å²) in [6, 6.07) is 4.74. The normalized spacial score (nSPS) is 17.9. The van der Waals surface area contributed by atoms with Crippen LogP contribution in [-0.4, -0.2) is 49.7 Å². The standard InChI is InChI=1S/C14H24N4/c1-17-10-6-13(7-11-17)18(2)14-12(5-8-15)4-3-9-16-14/h3-4,9,13H,5-8,10-11,15H2,1-2H3. The fraction of sp³-hybridized carbons (Fsp3) is 0.643. The molecular weight excluding hydrogens is 224 g/mol. The second-order valence-electron chi connectivity index (χ2n) is 5.17. The van der Waals surface area contributed by atoms with E-state index in [0.717, 1.165) is 12.2 Å². The molecule has 0 amide bonds. The van der Waals surface area contributed by atoms with Crippen LogP contribution in [0.5, 0.6) is 0 Å². The van der Waals surface area contributed by atoms with Gasteiger partial charge in [-0.1, -0.05) is 6.07 Å². The van der Waals surface area contributed by atoms with Crippen molar-refractivity contribution in [3.63, 3.8) is 0 Å². The van der Waals surface area contributed by atoms with Gasteiger partial charge in [0.05, 0.1) is 0 Å². The summed E-state index contributed by atoms with van der Waals surface area (Å²) in [6.45, 7) is 3.03. The van der Waals surface area contributed by atoms with Crippen LogP contribution in [0.1, 0.15) is 18.4 Å². The Hall–Kier alpha value is -1.13. The van der Waals surface area contributed by atoms with Crippen LogP contribution in [0.4, 0.5) is 5.82 Å². The number of anilines is 1. The van der Waals surface area contributed by atoms with Gasteiger partial charge in [-0.15, -0.1) is 0 Å². The Kier molecular flexibility index (Phi) is 4.55. The highest BCUT2D eigenvalue weighted by atomic mass is 15.2. The molecule has 0 saturated carbocycles. The molecule has 0 spiro atoms. The average Bonchev–Trinajstić information content (AvgIpc) is 2.40. The molecule has 2 N–H and O–H groups in total. The maximum absolute atomic E-state index is 5.67. The van der Waals surface area contributed by atoms with Crippen molar-refractivity contribution in [3.8, 4) is 0 Å². The van der Waals surface area contributed by atoms with Gasteiger partial charge in [-0.05, 0) is 57.6 Å². The quantitative estimate of drug-likeness (QED) is 0.867. The van der Waals surface area contributed by atoms with Crippen molar-refractivity contribution >= 4 is 5.82 Å². The first kappa shape index (κ1) is 13.3. The molecule has 1 saturated heterocycles. The summed E-state index contributed by atoms with van der Waals surface area (Å²) in [5.41, 5.74) is 6.94. The molecule has 1 aliphatic rings. The minimum Gasteiger partial charge on any atom is -0.356 e. The molecule has 18 heavy (non-hydrogen) atoms. The molecule has 1 aromatic rings. The number of hydrogen-bond acceptors (Lipinski definition) is 4. The summed E-state index contributed by atoms with van der Waals surface area (Å²) < 4.78 is 0. The highest BCUT2D eigenvalue weighted by molar-refractivity contribution is 5.47. The predicted molar refractivity (Wildman–Crippen MR) is 75.9 cm³/mol. The average molecular weight is 248 g/mol. The molecule has 0 aliphatic carbocycles. The lowest BCUT2D eigenvalue weighted by Crippen LogP contribution is -2.42. The van der Waals surface area contributed by atoms with E-state index >= 15 is 0 Å². The fourth-order valence-electron chi connectivity index (χ4n) is 2.65. The van der Waals surface area contributed by atoms with Gasteiger partial charge in [-0.3, -0.25) is 0 Å². The molecular formula is C14H24N4. The lowest BCUT2D eigenvalue weighted by Gasteiger charge is -2.36. The van der Waals surface area contributed by atoms with Gasteiger partial charge < -0.3 is 15.5 Å². The topological polar surface area (TPSA) is 45.4 Å². The van der Waals surface area contributed by atoms with Gasteiger partial charge in [0, 0.05) is 19.3 Å². The van der Waals surface area contributed by atoms with Crippen LogP contribution in [0, 0.1) is 0 Å². The van der Waals surface area contributed by atoms with Crippen LogP contribution in [0.15, 0.2) is 18.3 Å². The molecule has 2 heterocycles. The monoisotopic (exact) mass is 248 g/mol. The number of likely N-dealkylation sites (tertiary alicyclic amines) is 1. The zero-order chi connectivity index (χ0) is 13.0. The van der Waals surface area contributed by atoms with E-state index in [9.17, 15) is 0 Å². The van der Waals surface area contributed by atoms with Gasteiger partial charge in [-0.2, -0.15) is 0 Å². The van der Waals surface area contributed by atoms with E-state index in [4.69, 9.17) is 5.73 Å². The first-order valence-corrected chi connectivity index (χ1v) is 6.77. The zero-order valence-electron chi connectivity index (χ0n) is 11.5. The van der Waals surface area contributed by atoms with E-state index in [0.29, 0.717) is 12.6 Å². The van der Waals surface area contributed by atoms with Crippen molar-refractivity contribution in [2.45, 2.75) is 25.3 Å². The Labute approximate surface area is 110 Å². The molecule has 1 aromatic heterocycles. The van der Waals surface area contributed by atoms with Crippen molar-refractivity contribution in [2.75, 3.05) is 38.6 Å². The first-order valence-electron chi connectivity index (χ1n) is 6.77. The number of rotatable bonds is 4. The molecule has 0 aromatic carbocycles. The molecule has 4 heteroatoms. The third-order valence-corrected chi connectivity index (χ3v) is 3.85. The Balaban J connectivity index is 2.10. The summed E-state index contributed by atoms with van der Waals surface area (Å²) in [6.07, 6.45) is 5.21. The van der Waals surface area contributed by atoms with E-state index in [1.807, 2.05) is 12.3 Å². The minimum atomic E-state index is 0.604. The minimum absolute atomic E-state index is 0.604. The maximum atomic E-state index is 5.67. The van der Waals surface area contributed by atoms with E-state index < -0.39 is 0 Å². The number of hydrogen-bond donors (Lipinski definition) is 1. The Morgan fingerprint density at radius 3 is 2.83 bits per heavy atom. The van der Waals surface area contributed by atoms with Crippen molar-refractivity contribution in [1.82, 2.24) is 9.88 Å². The van der Waals surface area contributed by atoms with Crippen LogP contribution in [0.2, 0.25) is 0 Å². The van der Waals surface area contributed by atoms with Gasteiger partial charge in [-0.25, -0.2) is 4.98 Å². The Morgan fingerprint density at radius 2 is 2.17 bits per heavy atom. The lowest BCUT2D eigenvalue weighted by atomic mass is 10.0. The smallest absolute Gasteiger partial charge is 0.131 e. The highest BCUT2D eigenvalue weighted by Gasteiger charge is 2.22. The van der Waals surface area contributed by atoms with Crippen LogP contribution < -0.4 is 10.6 Å². The Morgan fingerprint density at radius 1 is 1.44 bits per heavy atom. The molecule has 1 aliphatic heterocycles. The fourth-order valence-corrected chi connectivity index (χ4v) is 2.65. The lowest BCUT2D eigenvalue weighted by molar-refractivity contribution is 0.252. The second-order valence-corrected chi connectivity index (χ2v) is 5.17. The summed E-state index contributed by atoms with van der Waals surface area (Å²) in [5.74, 6) is 1.11. The predicted octanol–water partition coefficient (Wildman–Crippen LogP) is 1.11. The number of pyridine rings is 1. The molecule has 2 rings (SSSR count). The number of nitrogens with zero attached hydrogens (tertiary/aromatic N) is 3. The molecule has 4 nitrogen and oxygen atoms in total. The van der Waals surface area contributed by atoms with Crippen molar-refractivity contribution in [1.29, 1.82) is 0 Å². The maximum Gasteiger partial charge on any atom is 0.131 e. The molecule has 0 unspecified atom stereocenters. The third kappa shape index (κ3) is 3.00. The van der Waals surface area contributed by atoms with Gasteiger partial charge in [0.25, 0.3) is 0 Å². The highest BCUT2D eigenvalue weighted by Crippen LogP contribution is 2.23. The van der Waals surface area contributed by atoms with Crippen molar-refractivity contribution in [3.05, 3.63) is 23.9 Å². The molecule has 0 radical (unpaired) electrons. The van der Waals surface area contributed by atoms with E-state index in [-0.39, 0.29) is 0 Å². The molecule has 100 valence electrons. The summed E-state index contributed by atoms with van der Waals surface area (Å²) in [4.78, 5) is 9.29. The van der Waals surface area contributed by atoms with Crippen LogP contribution in [0.25, 0.3) is 0 Å². The first-order chi connectivity index (χ1) is 8.72. The summed E-state index contributed by atoms with van der Waals surface area (Å²) in [5, 5.41) is 0. The van der Waals surface area contributed by atoms with E-state index in [1.165, 1.54) is 31.5 Å². The number of piperidine rings is 1. The van der Waals surface area contributed by atoms with Gasteiger partial charge in [0.1, 0.15) is 5.82 Å². The third-order valence-electron chi connectivity index (χ3n) is 3.85. The SMILES string of the molecule is CN1CCC(N(C)c2ncccc2CCN)CC1. The largest absolute Gasteiger partial charge is 0.356 e. The van der Waals surface area contributed by atoms with E-state index in [2.05, 4.69) is 34.9 Å². The number of aromatic nitrogens is 1. The van der Waals surface area contributed by atoms with Gasteiger partial charge in [0.2, 0.25) is 0 Å². The summed E-state index contributed by atoms with van der Waals surface area (Å²) >= 11 is 0. The van der Waals surface area contributed by atoms with Crippen molar-refractivity contribution < 1.29 is 0 Å². The van der Waals surface area contributed by atoms with E-state index in [1.54, 1.807) is 0 Å². The molecule has 1 fully saturated rings. The molecule has 0 bridgehead atoms. The second kappa shape index (κ2) is 6.16. The summed E-state index contributed by atoms with van der Waals surface area (Å²) in [7, 11) is 4.36. The number of nitrogens with two attached hydrogens (primary N) is 1. The van der Waals surface area contributed by atoms with Crippen LogP contribution in [-0.2, 0) is 6.42 Å². The van der Waals surface area contributed by atoms with Crippen LogP contribution in [0.3, 0.4) is 0 Å². The van der Waals surface area contributed by atoms with Crippen LogP contribution >= 0.6 is 0 Å². The molecule has 0 atom stereocenters. The zero-order valence-corrected chi connectivity index (χ0v) is 11.5. The van der Waals surface area contributed by atoms with Gasteiger partial charge >= 0.3 is 0 Å². The van der Waals surface area contributed by atoms with Gasteiger partial charge in [0.15, 0.2) is 0 Å².